The maximum Gasteiger partial charge on any atom is 0.573 e. The van der Waals surface area contributed by atoms with E-state index in [1.165, 1.54) is 30.5 Å². The standard InChI is InChI=1S/C25H15F6N5O2.C2H6/c26-24(27,28)15-2-1-3-16(12-15)33-23-34-22(35-36-23)14-4-6-17(7-5-14)37-21-10-11-32-20-13-18(8-9-19(20)21)38-25(29,30)31;1-2/h1-13H,(H2,33,34,35,36);1-2H3. The second-order valence-electron chi connectivity index (χ2n) is 7.87. The number of hydrogen-bond donors (Lipinski definition) is 2. The third-order valence-corrected chi connectivity index (χ3v) is 5.19. The number of halogens is 6. The summed E-state index contributed by atoms with van der Waals surface area (Å²) >= 11 is 0. The molecule has 0 aliphatic heterocycles. The molecule has 0 unspecified atom stereocenters. The predicted octanol–water partition coefficient (Wildman–Crippen LogP) is 8.50. The highest BCUT2D eigenvalue weighted by Gasteiger charge is 2.31. The van der Waals surface area contributed by atoms with E-state index in [0.29, 0.717) is 28.3 Å². The van der Waals surface area contributed by atoms with Crippen molar-refractivity contribution in [3.63, 3.8) is 0 Å². The SMILES string of the molecule is CC.FC(F)(F)Oc1ccc2c(Oc3ccc(-c4nc(Nc5cccc(C(F)(F)F)c5)n[nH]4)cc3)ccnc2c1. The van der Waals surface area contributed by atoms with Crippen molar-refractivity contribution in [3.8, 4) is 28.6 Å². The van der Waals surface area contributed by atoms with Crippen LogP contribution in [0.5, 0.6) is 17.2 Å². The summed E-state index contributed by atoms with van der Waals surface area (Å²) < 4.78 is 86.1. The zero-order chi connectivity index (χ0) is 28.9. The van der Waals surface area contributed by atoms with Crippen LogP contribution >= 0.6 is 0 Å². The number of alkyl halides is 6. The number of fused-ring (bicyclic) bond motifs is 1. The zero-order valence-electron chi connectivity index (χ0n) is 20.9. The van der Waals surface area contributed by atoms with E-state index in [0.717, 1.165) is 18.2 Å². The van der Waals surface area contributed by atoms with Crippen LogP contribution in [0, 0.1) is 0 Å². The number of anilines is 2. The molecule has 5 rings (SSSR count). The Morgan fingerprint density at radius 1 is 0.825 bits per heavy atom. The van der Waals surface area contributed by atoms with Crippen LogP contribution in [0.1, 0.15) is 19.4 Å². The molecule has 0 radical (unpaired) electrons. The molecule has 2 aromatic heterocycles. The van der Waals surface area contributed by atoms with E-state index in [1.807, 2.05) is 13.8 Å². The Morgan fingerprint density at radius 2 is 1.55 bits per heavy atom. The number of hydrogen-bond acceptors (Lipinski definition) is 6. The smallest absolute Gasteiger partial charge is 0.457 e. The van der Waals surface area contributed by atoms with Gasteiger partial charge in [0.1, 0.15) is 17.2 Å². The number of pyridine rings is 1. The monoisotopic (exact) mass is 561 g/mol. The Labute approximate surface area is 223 Å². The first-order chi connectivity index (χ1) is 19.0. The first kappa shape index (κ1) is 28.2. The molecular formula is C27H21F6N5O2. The molecule has 0 saturated carbocycles. The maximum absolute atomic E-state index is 12.9. The molecule has 40 heavy (non-hydrogen) atoms. The summed E-state index contributed by atoms with van der Waals surface area (Å²) in [6.07, 6.45) is -7.89. The Balaban J connectivity index is 0.00000181. The molecule has 0 spiro atoms. The lowest BCUT2D eigenvalue weighted by Gasteiger charge is -2.11. The van der Waals surface area contributed by atoms with Gasteiger partial charge in [-0.3, -0.25) is 10.1 Å². The zero-order valence-corrected chi connectivity index (χ0v) is 20.9. The maximum atomic E-state index is 12.9. The normalized spacial score (nSPS) is 11.5. The van der Waals surface area contributed by atoms with Gasteiger partial charge in [0.2, 0.25) is 5.95 Å². The summed E-state index contributed by atoms with van der Waals surface area (Å²) in [6, 6.07) is 16.6. The average Bonchev–Trinajstić information content (AvgIpc) is 3.37. The van der Waals surface area contributed by atoms with Gasteiger partial charge in [-0.1, -0.05) is 19.9 Å². The molecule has 0 amide bonds. The number of benzene rings is 3. The summed E-state index contributed by atoms with van der Waals surface area (Å²) in [5, 5.41) is 9.91. The van der Waals surface area contributed by atoms with Crippen LogP contribution in [0.2, 0.25) is 0 Å². The van der Waals surface area contributed by atoms with Crippen molar-refractivity contribution in [2.45, 2.75) is 26.4 Å². The van der Waals surface area contributed by atoms with Crippen molar-refractivity contribution < 1.29 is 35.8 Å². The highest BCUT2D eigenvalue weighted by atomic mass is 19.4. The number of rotatable bonds is 6. The molecule has 0 bridgehead atoms. The van der Waals surface area contributed by atoms with Gasteiger partial charge in [-0.15, -0.1) is 18.3 Å². The second kappa shape index (κ2) is 11.5. The minimum absolute atomic E-state index is 0.0804. The van der Waals surface area contributed by atoms with Crippen molar-refractivity contribution in [1.82, 2.24) is 20.2 Å². The lowest BCUT2D eigenvalue weighted by atomic mass is 10.2. The lowest BCUT2D eigenvalue weighted by molar-refractivity contribution is -0.274. The summed E-state index contributed by atoms with van der Waals surface area (Å²) in [5.41, 5.74) is 0.250. The van der Waals surface area contributed by atoms with E-state index >= 15 is 0 Å². The number of ether oxygens (including phenoxy) is 2. The quantitative estimate of drug-likeness (QED) is 0.202. The molecule has 0 aliphatic rings. The number of aromatic amines is 1. The summed E-state index contributed by atoms with van der Waals surface area (Å²) in [7, 11) is 0. The van der Waals surface area contributed by atoms with E-state index in [-0.39, 0.29) is 17.2 Å². The van der Waals surface area contributed by atoms with Crippen molar-refractivity contribution >= 4 is 22.5 Å². The van der Waals surface area contributed by atoms with E-state index in [2.05, 4.69) is 30.2 Å². The van der Waals surface area contributed by atoms with Crippen LogP contribution in [0.4, 0.5) is 38.0 Å². The number of nitrogens with one attached hydrogen (secondary N) is 2. The fourth-order valence-corrected chi connectivity index (χ4v) is 3.54. The Kier molecular flexibility index (Phi) is 8.12. The van der Waals surface area contributed by atoms with Gasteiger partial charge in [0.25, 0.3) is 0 Å². The summed E-state index contributed by atoms with van der Waals surface area (Å²) in [4.78, 5) is 8.32. The topological polar surface area (TPSA) is 85.0 Å². The molecule has 0 aliphatic carbocycles. The van der Waals surface area contributed by atoms with Gasteiger partial charge in [0.05, 0.1) is 11.1 Å². The van der Waals surface area contributed by atoms with Gasteiger partial charge < -0.3 is 14.8 Å². The Morgan fingerprint density at radius 3 is 2.25 bits per heavy atom. The fourth-order valence-electron chi connectivity index (χ4n) is 3.54. The van der Waals surface area contributed by atoms with E-state index < -0.39 is 23.9 Å². The molecule has 0 fully saturated rings. The molecule has 3 aromatic carbocycles. The van der Waals surface area contributed by atoms with Crippen molar-refractivity contribution in [1.29, 1.82) is 0 Å². The summed E-state index contributed by atoms with van der Waals surface area (Å²) in [6.45, 7) is 4.00. The van der Waals surface area contributed by atoms with Gasteiger partial charge in [-0.25, -0.2) is 0 Å². The molecule has 2 heterocycles. The van der Waals surface area contributed by atoms with Gasteiger partial charge in [0.15, 0.2) is 5.82 Å². The fraction of sp³-hybridized carbons (Fsp3) is 0.148. The largest absolute Gasteiger partial charge is 0.573 e. The Hall–Kier alpha value is -4.81. The molecule has 208 valence electrons. The molecule has 0 saturated heterocycles. The third kappa shape index (κ3) is 6.98. The lowest BCUT2D eigenvalue weighted by Crippen LogP contribution is -2.17. The van der Waals surface area contributed by atoms with Crippen molar-refractivity contribution in [3.05, 3.63) is 84.6 Å². The molecule has 13 heteroatoms. The minimum Gasteiger partial charge on any atom is -0.457 e. The number of H-pyrrole nitrogens is 1. The Bertz CT molecular complexity index is 1580. The number of nitrogens with zero attached hydrogens (tertiary/aromatic N) is 3. The highest BCUT2D eigenvalue weighted by Crippen LogP contribution is 2.34. The van der Waals surface area contributed by atoms with Crippen LogP contribution in [0.25, 0.3) is 22.3 Å². The van der Waals surface area contributed by atoms with Crippen molar-refractivity contribution in [2.75, 3.05) is 5.32 Å². The minimum atomic E-state index is -4.82. The van der Waals surface area contributed by atoms with Crippen LogP contribution in [0.15, 0.2) is 79.0 Å². The van der Waals surface area contributed by atoms with Gasteiger partial charge in [-0.05, 0) is 60.7 Å². The molecular weight excluding hydrogens is 540 g/mol. The first-order valence-corrected chi connectivity index (χ1v) is 11.8. The predicted molar refractivity (Wildman–Crippen MR) is 136 cm³/mol. The molecule has 2 N–H and O–H groups in total. The van der Waals surface area contributed by atoms with Crippen molar-refractivity contribution in [2.24, 2.45) is 0 Å². The first-order valence-electron chi connectivity index (χ1n) is 11.8. The van der Waals surface area contributed by atoms with Gasteiger partial charge >= 0.3 is 12.5 Å². The van der Waals surface area contributed by atoms with Gasteiger partial charge in [0, 0.05) is 28.9 Å². The van der Waals surface area contributed by atoms with E-state index in [4.69, 9.17) is 4.74 Å². The molecule has 5 aromatic rings. The highest BCUT2D eigenvalue weighted by molar-refractivity contribution is 5.86. The van der Waals surface area contributed by atoms with Crippen LogP contribution in [-0.4, -0.2) is 26.5 Å². The number of aromatic nitrogens is 4. The summed E-state index contributed by atoms with van der Waals surface area (Å²) in [5.74, 6) is 0.842. The van der Waals surface area contributed by atoms with Crippen LogP contribution in [-0.2, 0) is 6.18 Å². The van der Waals surface area contributed by atoms with E-state index in [9.17, 15) is 26.3 Å². The van der Waals surface area contributed by atoms with Crippen LogP contribution in [0.3, 0.4) is 0 Å². The molecule has 0 atom stereocenters. The molecule has 7 nitrogen and oxygen atoms in total. The average molecular weight is 561 g/mol. The van der Waals surface area contributed by atoms with E-state index in [1.54, 1.807) is 30.3 Å². The van der Waals surface area contributed by atoms with Crippen LogP contribution < -0.4 is 14.8 Å². The second-order valence-corrected chi connectivity index (χ2v) is 7.87. The van der Waals surface area contributed by atoms with Gasteiger partial charge in [-0.2, -0.15) is 18.2 Å². The third-order valence-electron chi connectivity index (χ3n) is 5.19.